The maximum absolute atomic E-state index is 13.0. The normalized spacial score (nSPS) is 15.7. The minimum Gasteiger partial charge on any atom is -0.358 e. The number of hydrogen-bond donors (Lipinski definition) is 1. The molecule has 26 heavy (non-hydrogen) atoms. The van der Waals surface area contributed by atoms with Crippen LogP contribution in [0.3, 0.4) is 0 Å². The number of hydrogen-bond acceptors (Lipinski definition) is 2. The molecule has 4 heteroatoms. The SMILES string of the molecule is CC1(C)CC(=O)c2c([nH]c(-c3ccncc3)c2Cc2ccc(Cl)cc2)C1. The second-order valence-corrected chi connectivity index (χ2v) is 8.25. The highest BCUT2D eigenvalue weighted by Crippen LogP contribution is 2.40. The molecule has 2 aromatic heterocycles. The summed E-state index contributed by atoms with van der Waals surface area (Å²) in [4.78, 5) is 20.6. The number of fused-ring (bicyclic) bond motifs is 1. The van der Waals surface area contributed by atoms with Crippen LogP contribution in [0.1, 0.15) is 47.4 Å². The van der Waals surface area contributed by atoms with Crippen molar-refractivity contribution in [1.29, 1.82) is 0 Å². The first-order valence-electron chi connectivity index (χ1n) is 8.85. The lowest BCUT2D eigenvalue weighted by atomic mass is 9.75. The van der Waals surface area contributed by atoms with Gasteiger partial charge in [-0.2, -0.15) is 0 Å². The van der Waals surface area contributed by atoms with Crippen LogP contribution in [0.25, 0.3) is 11.3 Å². The number of carbonyl (C=O) groups is 1. The van der Waals surface area contributed by atoms with Gasteiger partial charge in [0.2, 0.25) is 0 Å². The van der Waals surface area contributed by atoms with Crippen molar-refractivity contribution in [2.75, 3.05) is 0 Å². The van der Waals surface area contributed by atoms with Crippen molar-refractivity contribution in [3.63, 3.8) is 0 Å². The molecule has 0 atom stereocenters. The molecule has 0 unspecified atom stereocenters. The zero-order valence-electron chi connectivity index (χ0n) is 15.0. The first kappa shape index (κ1) is 17.0. The van der Waals surface area contributed by atoms with Crippen molar-refractivity contribution in [3.05, 3.63) is 76.2 Å². The Balaban J connectivity index is 1.86. The van der Waals surface area contributed by atoms with Crippen LogP contribution in [0.2, 0.25) is 5.02 Å². The van der Waals surface area contributed by atoms with Crippen molar-refractivity contribution >= 4 is 17.4 Å². The van der Waals surface area contributed by atoms with Crippen LogP contribution in [-0.2, 0) is 12.8 Å². The van der Waals surface area contributed by atoms with Gasteiger partial charge in [0.15, 0.2) is 5.78 Å². The second-order valence-electron chi connectivity index (χ2n) is 7.81. The van der Waals surface area contributed by atoms with Gasteiger partial charge in [-0.05, 0) is 47.2 Å². The van der Waals surface area contributed by atoms with Crippen LogP contribution >= 0.6 is 11.6 Å². The van der Waals surface area contributed by atoms with E-state index in [1.165, 1.54) is 0 Å². The average Bonchev–Trinajstić information content (AvgIpc) is 2.95. The minimum absolute atomic E-state index is 0.0119. The number of rotatable bonds is 3. The number of carbonyl (C=O) groups excluding carboxylic acids is 1. The van der Waals surface area contributed by atoms with Crippen molar-refractivity contribution in [2.45, 2.75) is 33.1 Å². The molecule has 0 amide bonds. The second kappa shape index (κ2) is 6.40. The maximum atomic E-state index is 13.0. The predicted molar refractivity (Wildman–Crippen MR) is 105 cm³/mol. The summed E-state index contributed by atoms with van der Waals surface area (Å²) < 4.78 is 0. The van der Waals surface area contributed by atoms with E-state index >= 15 is 0 Å². The van der Waals surface area contributed by atoms with Gasteiger partial charge in [0.25, 0.3) is 0 Å². The van der Waals surface area contributed by atoms with E-state index in [0.29, 0.717) is 12.8 Å². The Bertz CT molecular complexity index is 956. The molecule has 1 aliphatic carbocycles. The van der Waals surface area contributed by atoms with E-state index in [0.717, 1.165) is 45.1 Å². The summed E-state index contributed by atoms with van der Waals surface area (Å²) in [5.41, 5.74) is 6.23. The molecule has 0 aliphatic heterocycles. The highest BCUT2D eigenvalue weighted by molar-refractivity contribution is 6.30. The maximum Gasteiger partial charge on any atom is 0.165 e. The van der Waals surface area contributed by atoms with Gasteiger partial charge in [0.05, 0.1) is 5.69 Å². The predicted octanol–water partition coefficient (Wildman–Crippen LogP) is 5.48. The zero-order valence-corrected chi connectivity index (χ0v) is 15.7. The van der Waals surface area contributed by atoms with Crippen molar-refractivity contribution < 1.29 is 4.79 Å². The summed E-state index contributed by atoms with van der Waals surface area (Å²) >= 11 is 6.02. The molecule has 0 spiro atoms. The molecule has 132 valence electrons. The quantitative estimate of drug-likeness (QED) is 0.669. The van der Waals surface area contributed by atoms with E-state index in [9.17, 15) is 4.79 Å². The Morgan fingerprint density at radius 2 is 1.77 bits per heavy atom. The number of Topliss-reactive ketones (excluding diaryl/α,β-unsaturated/α-hetero) is 1. The van der Waals surface area contributed by atoms with Crippen LogP contribution < -0.4 is 0 Å². The molecule has 1 N–H and O–H groups in total. The summed E-state index contributed by atoms with van der Waals surface area (Å²) in [7, 11) is 0. The number of ketones is 1. The Hall–Kier alpha value is -2.39. The van der Waals surface area contributed by atoms with Crippen LogP contribution in [0, 0.1) is 5.41 Å². The Morgan fingerprint density at radius 3 is 2.46 bits per heavy atom. The van der Waals surface area contributed by atoms with Crippen LogP contribution in [0.15, 0.2) is 48.8 Å². The van der Waals surface area contributed by atoms with Gasteiger partial charge in [-0.3, -0.25) is 9.78 Å². The van der Waals surface area contributed by atoms with Crippen LogP contribution in [0.4, 0.5) is 0 Å². The number of aromatic nitrogens is 2. The number of benzene rings is 1. The third-order valence-electron chi connectivity index (χ3n) is 5.02. The highest BCUT2D eigenvalue weighted by atomic mass is 35.5. The molecule has 3 aromatic rings. The summed E-state index contributed by atoms with van der Waals surface area (Å²) in [5.74, 6) is 0.233. The summed E-state index contributed by atoms with van der Waals surface area (Å²) in [6, 6.07) is 11.8. The van der Waals surface area contributed by atoms with Gasteiger partial charge in [0.1, 0.15) is 0 Å². The molecule has 0 saturated heterocycles. The fourth-order valence-corrected chi connectivity index (χ4v) is 4.00. The number of halogens is 1. The first-order valence-corrected chi connectivity index (χ1v) is 9.22. The zero-order chi connectivity index (χ0) is 18.3. The van der Waals surface area contributed by atoms with Gasteiger partial charge in [-0.15, -0.1) is 0 Å². The van der Waals surface area contributed by atoms with Gasteiger partial charge < -0.3 is 4.98 Å². The number of nitrogens with one attached hydrogen (secondary N) is 1. The molecule has 2 heterocycles. The standard InChI is InChI=1S/C22H21ClN2O/c1-22(2)12-18-20(19(26)13-22)17(11-14-3-5-16(23)6-4-14)21(25-18)15-7-9-24-10-8-15/h3-10,25H,11-13H2,1-2H3. The molecular formula is C22H21ClN2O. The van der Waals surface area contributed by atoms with E-state index in [1.54, 1.807) is 12.4 Å². The van der Waals surface area contributed by atoms with Gasteiger partial charge in [-0.25, -0.2) is 0 Å². The molecule has 0 radical (unpaired) electrons. The molecule has 0 fully saturated rings. The molecule has 0 saturated carbocycles. The topological polar surface area (TPSA) is 45.8 Å². The van der Waals surface area contributed by atoms with E-state index < -0.39 is 0 Å². The van der Waals surface area contributed by atoms with Crippen molar-refractivity contribution in [1.82, 2.24) is 9.97 Å². The van der Waals surface area contributed by atoms with E-state index in [2.05, 4.69) is 23.8 Å². The van der Waals surface area contributed by atoms with E-state index in [1.807, 2.05) is 36.4 Å². The third-order valence-corrected chi connectivity index (χ3v) is 5.27. The lowest BCUT2D eigenvalue weighted by Gasteiger charge is -2.28. The van der Waals surface area contributed by atoms with Crippen molar-refractivity contribution in [3.8, 4) is 11.3 Å². The number of pyridine rings is 1. The fourth-order valence-electron chi connectivity index (χ4n) is 3.88. The molecule has 4 rings (SSSR count). The fraction of sp³-hybridized carbons (Fsp3) is 0.273. The summed E-state index contributed by atoms with van der Waals surface area (Å²) in [5, 5.41) is 0.719. The molecule has 1 aromatic carbocycles. The Morgan fingerprint density at radius 1 is 1.08 bits per heavy atom. The Kier molecular flexibility index (Phi) is 4.20. The lowest BCUT2D eigenvalue weighted by molar-refractivity contribution is 0.0911. The van der Waals surface area contributed by atoms with Crippen LogP contribution in [0.5, 0.6) is 0 Å². The first-order chi connectivity index (χ1) is 12.4. The summed E-state index contributed by atoms with van der Waals surface area (Å²) in [6.07, 6.45) is 5.74. The number of nitrogens with zero attached hydrogens (tertiary/aromatic N) is 1. The smallest absolute Gasteiger partial charge is 0.165 e. The number of H-pyrrole nitrogens is 1. The molecule has 3 nitrogen and oxygen atoms in total. The van der Waals surface area contributed by atoms with E-state index in [4.69, 9.17) is 11.6 Å². The Labute approximate surface area is 158 Å². The number of aromatic amines is 1. The largest absolute Gasteiger partial charge is 0.358 e. The van der Waals surface area contributed by atoms with Gasteiger partial charge in [-0.1, -0.05) is 37.6 Å². The monoisotopic (exact) mass is 364 g/mol. The van der Waals surface area contributed by atoms with Crippen molar-refractivity contribution in [2.24, 2.45) is 5.41 Å². The average molecular weight is 365 g/mol. The van der Waals surface area contributed by atoms with Gasteiger partial charge >= 0.3 is 0 Å². The third kappa shape index (κ3) is 3.19. The molecular weight excluding hydrogens is 344 g/mol. The molecule has 1 aliphatic rings. The summed E-state index contributed by atoms with van der Waals surface area (Å²) in [6.45, 7) is 4.30. The lowest BCUT2D eigenvalue weighted by Crippen LogP contribution is -2.27. The minimum atomic E-state index is -0.0119. The molecule has 0 bridgehead atoms. The van der Waals surface area contributed by atoms with Crippen LogP contribution in [-0.4, -0.2) is 15.8 Å². The highest BCUT2D eigenvalue weighted by Gasteiger charge is 2.35. The van der Waals surface area contributed by atoms with E-state index in [-0.39, 0.29) is 11.2 Å². The van der Waals surface area contributed by atoms with Gasteiger partial charge in [0, 0.05) is 47.1 Å².